The number of rotatable bonds is 3. The summed E-state index contributed by atoms with van der Waals surface area (Å²) in [6.45, 7) is 3.08. The van der Waals surface area contributed by atoms with Crippen molar-refractivity contribution in [2.24, 2.45) is 5.92 Å². The SMILES string of the molecule is CC1CCN(c2snc(N)c2S(=O)(=O)N(C)C)CC1O. The van der Waals surface area contributed by atoms with Crippen LogP contribution in [0.1, 0.15) is 13.3 Å². The first-order chi connectivity index (χ1) is 9.25. The zero-order valence-electron chi connectivity index (χ0n) is 11.8. The van der Waals surface area contributed by atoms with E-state index in [4.69, 9.17) is 5.73 Å². The van der Waals surface area contributed by atoms with Gasteiger partial charge in [-0.3, -0.25) is 0 Å². The molecule has 1 aliphatic heterocycles. The van der Waals surface area contributed by atoms with E-state index >= 15 is 0 Å². The van der Waals surface area contributed by atoms with E-state index in [1.54, 1.807) is 0 Å². The van der Waals surface area contributed by atoms with E-state index < -0.39 is 16.1 Å². The summed E-state index contributed by atoms with van der Waals surface area (Å²) in [6, 6.07) is 0. The molecule has 0 aliphatic carbocycles. The quantitative estimate of drug-likeness (QED) is 0.824. The van der Waals surface area contributed by atoms with Crippen LogP contribution >= 0.6 is 11.5 Å². The first-order valence-electron chi connectivity index (χ1n) is 6.35. The van der Waals surface area contributed by atoms with Gasteiger partial charge in [-0.15, -0.1) is 0 Å². The highest BCUT2D eigenvalue weighted by atomic mass is 32.2. The van der Waals surface area contributed by atoms with Gasteiger partial charge in [0.1, 0.15) is 5.00 Å². The Morgan fingerprint density at radius 3 is 2.70 bits per heavy atom. The molecular weight excluding hydrogens is 300 g/mol. The zero-order valence-corrected chi connectivity index (χ0v) is 13.4. The van der Waals surface area contributed by atoms with Crippen molar-refractivity contribution in [1.82, 2.24) is 8.68 Å². The molecule has 9 heteroatoms. The molecule has 1 aromatic heterocycles. The molecule has 0 saturated carbocycles. The summed E-state index contributed by atoms with van der Waals surface area (Å²) in [7, 11) is -0.719. The molecule has 3 N–H and O–H groups in total. The van der Waals surface area contributed by atoms with Crippen molar-refractivity contribution in [1.29, 1.82) is 0 Å². The Kier molecular flexibility index (Phi) is 4.24. The maximum Gasteiger partial charge on any atom is 0.249 e. The van der Waals surface area contributed by atoms with Crippen LogP contribution in [-0.2, 0) is 10.0 Å². The number of hydrogen-bond donors (Lipinski definition) is 2. The summed E-state index contributed by atoms with van der Waals surface area (Å²) in [4.78, 5) is 1.91. The molecule has 0 aromatic carbocycles. The van der Waals surface area contributed by atoms with Crippen LogP contribution in [0.3, 0.4) is 0 Å². The number of aromatic nitrogens is 1. The molecule has 1 fully saturated rings. The fourth-order valence-corrected chi connectivity index (χ4v) is 4.40. The van der Waals surface area contributed by atoms with Gasteiger partial charge in [-0.1, -0.05) is 6.92 Å². The number of nitrogen functional groups attached to an aromatic ring is 1. The molecule has 2 unspecified atom stereocenters. The van der Waals surface area contributed by atoms with Crippen molar-refractivity contribution in [3.05, 3.63) is 0 Å². The van der Waals surface area contributed by atoms with E-state index in [2.05, 4.69) is 4.37 Å². The smallest absolute Gasteiger partial charge is 0.249 e. The van der Waals surface area contributed by atoms with E-state index in [1.807, 2.05) is 11.8 Å². The second-order valence-corrected chi connectivity index (χ2v) is 8.11. The highest BCUT2D eigenvalue weighted by molar-refractivity contribution is 7.89. The predicted octanol–water partition coefficient (Wildman–Crippen LogP) is 0.183. The third-order valence-corrected chi connectivity index (χ3v) is 6.53. The molecule has 0 radical (unpaired) electrons. The first kappa shape index (κ1) is 15.5. The number of β-amino-alcohol motifs (C(OH)–C–C–N with tert-alkyl or cyclic N) is 1. The topological polar surface area (TPSA) is 99.8 Å². The number of aliphatic hydroxyl groups excluding tert-OH is 1. The van der Waals surface area contributed by atoms with Crippen molar-refractivity contribution >= 4 is 32.4 Å². The van der Waals surface area contributed by atoms with Gasteiger partial charge in [0.25, 0.3) is 0 Å². The van der Waals surface area contributed by atoms with Gasteiger partial charge >= 0.3 is 0 Å². The zero-order chi connectivity index (χ0) is 15.1. The van der Waals surface area contributed by atoms with Gasteiger partial charge in [-0.25, -0.2) is 12.7 Å². The standard InChI is InChI=1S/C11H20N4O3S2/c1-7-4-5-15(6-8(7)16)11-9(10(12)13-19-11)20(17,18)14(2)3/h7-8,16H,4-6H2,1-3H3,(H2,12,13). The molecule has 20 heavy (non-hydrogen) atoms. The van der Waals surface area contributed by atoms with Crippen LogP contribution in [0.4, 0.5) is 10.8 Å². The minimum atomic E-state index is -3.64. The van der Waals surface area contributed by atoms with Gasteiger partial charge in [-0.05, 0) is 23.9 Å². The minimum Gasteiger partial charge on any atom is -0.391 e. The van der Waals surface area contributed by atoms with Gasteiger partial charge in [0.15, 0.2) is 10.7 Å². The van der Waals surface area contributed by atoms with E-state index in [9.17, 15) is 13.5 Å². The Morgan fingerprint density at radius 1 is 1.50 bits per heavy atom. The molecule has 2 rings (SSSR count). The molecule has 2 heterocycles. The monoisotopic (exact) mass is 320 g/mol. The molecule has 2 atom stereocenters. The molecule has 1 aliphatic rings. The van der Waals surface area contributed by atoms with Crippen LogP contribution in [0.5, 0.6) is 0 Å². The van der Waals surface area contributed by atoms with Crippen LogP contribution in [0.15, 0.2) is 4.90 Å². The molecule has 0 amide bonds. The molecular formula is C11H20N4O3S2. The highest BCUT2D eigenvalue weighted by Gasteiger charge is 2.33. The largest absolute Gasteiger partial charge is 0.391 e. The molecule has 0 spiro atoms. The Morgan fingerprint density at radius 2 is 2.15 bits per heavy atom. The van der Waals surface area contributed by atoms with Crippen LogP contribution in [0.25, 0.3) is 0 Å². The van der Waals surface area contributed by atoms with E-state index in [-0.39, 0.29) is 16.6 Å². The first-order valence-corrected chi connectivity index (χ1v) is 8.57. The molecule has 0 bridgehead atoms. The summed E-state index contributed by atoms with van der Waals surface area (Å²) in [5, 5.41) is 10.5. The Labute approximate surface area is 123 Å². The lowest BCUT2D eigenvalue weighted by Gasteiger charge is -2.35. The number of sulfonamides is 1. The van der Waals surface area contributed by atoms with Gasteiger partial charge in [0, 0.05) is 27.2 Å². The Bertz CT molecular complexity index is 584. The maximum absolute atomic E-state index is 12.3. The van der Waals surface area contributed by atoms with Gasteiger partial charge in [0.2, 0.25) is 10.0 Å². The van der Waals surface area contributed by atoms with E-state index in [0.717, 1.165) is 22.3 Å². The minimum absolute atomic E-state index is 0.0202. The van der Waals surface area contributed by atoms with Crippen LogP contribution < -0.4 is 10.6 Å². The number of nitrogens with two attached hydrogens (primary N) is 1. The second-order valence-electron chi connectivity index (χ2n) is 5.27. The van der Waals surface area contributed by atoms with E-state index in [1.165, 1.54) is 14.1 Å². The lowest BCUT2D eigenvalue weighted by Crippen LogP contribution is -2.43. The van der Waals surface area contributed by atoms with Gasteiger partial charge < -0.3 is 15.7 Å². The van der Waals surface area contributed by atoms with Gasteiger partial charge in [-0.2, -0.15) is 4.37 Å². The van der Waals surface area contributed by atoms with Crippen LogP contribution in [0, 0.1) is 5.92 Å². The number of hydrogen-bond acceptors (Lipinski definition) is 7. The molecule has 1 aromatic rings. The van der Waals surface area contributed by atoms with Crippen LogP contribution in [0.2, 0.25) is 0 Å². The summed E-state index contributed by atoms with van der Waals surface area (Å²) in [6.07, 6.45) is 0.336. The lowest BCUT2D eigenvalue weighted by atomic mass is 9.96. The number of piperidine rings is 1. The average molecular weight is 320 g/mol. The molecule has 114 valence electrons. The molecule has 7 nitrogen and oxygen atoms in total. The van der Waals surface area contributed by atoms with Crippen molar-refractivity contribution in [2.75, 3.05) is 37.8 Å². The fourth-order valence-electron chi connectivity index (χ4n) is 2.14. The van der Waals surface area contributed by atoms with Crippen LogP contribution in [-0.4, -0.2) is 55.5 Å². The average Bonchev–Trinajstić information content (AvgIpc) is 2.75. The summed E-state index contributed by atoms with van der Waals surface area (Å²) >= 11 is 1.06. The maximum atomic E-state index is 12.3. The Hall–Kier alpha value is -0.900. The van der Waals surface area contributed by atoms with Crippen molar-refractivity contribution < 1.29 is 13.5 Å². The van der Waals surface area contributed by atoms with Crippen molar-refractivity contribution in [3.8, 4) is 0 Å². The molecule has 1 saturated heterocycles. The highest BCUT2D eigenvalue weighted by Crippen LogP contribution is 2.37. The number of anilines is 2. The Balaban J connectivity index is 2.40. The predicted molar refractivity (Wildman–Crippen MR) is 79.4 cm³/mol. The number of nitrogens with zero attached hydrogens (tertiary/aromatic N) is 3. The third kappa shape index (κ3) is 2.62. The fraction of sp³-hybridized carbons (Fsp3) is 0.727. The summed E-state index contributed by atoms with van der Waals surface area (Å²) in [5.41, 5.74) is 5.74. The van der Waals surface area contributed by atoms with Gasteiger partial charge in [0.05, 0.1) is 6.10 Å². The van der Waals surface area contributed by atoms with Crippen molar-refractivity contribution in [2.45, 2.75) is 24.3 Å². The lowest BCUT2D eigenvalue weighted by molar-refractivity contribution is 0.103. The number of aliphatic hydroxyl groups is 1. The second kappa shape index (κ2) is 5.47. The normalized spacial score (nSPS) is 24.4. The summed E-state index contributed by atoms with van der Waals surface area (Å²) < 4.78 is 29.8. The third-order valence-electron chi connectivity index (χ3n) is 3.60. The summed E-state index contributed by atoms with van der Waals surface area (Å²) in [5.74, 6) is 0.234. The van der Waals surface area contributed by atoms with Crippen molar-refractivity contribution in [3.63, 3.8) is 0 Å². The van der Waals surface area contributed by atoms with E-state index in [0.29, 0.717) is 18.1 Å².